The fraction of sp³-hybridized carbons (Fsp3) is 0.700. The van der Waals surface area contributed by atoms with Crippen molar-refractivity contribution < 1.29 is 23.8 Å². The van der Waals surface area contributed by atoms with Gasteiger partial charge in [-0.05, 0) is 38.5 Å². The third kappa shape index (κ3) is 7.01. The van der Waals surface area contributed by atoms with Crippen molar-refractivity contribution in [1.82, 2.24) is 31.5 Å². The van der Waals surface area contributed by atoms with Gasteiger partial charge in [-0.1, -0.05) is 0 Å². The summed E-state index contributed by atoms with van der Waals surface area (Å²) in [4.78, 5) is 32.5. The van der Waals surface area contributed by atoms with Crippen molar-refractivity contribution in [3.63, 3.8) is 0 Å². The van der Waals surface area contributed by atoms with E-state index in [0.717, 1.165) is 25.7 Å². The van der Waals surface area contributed by atoms with Gasteiger partial charge in [-0.3, -0.25) is 15.2 Å². The Labute approximate surface area is 182 Å². The van der Waals surface area contributed by atoms with E-state index in [1.165, 1.54) is 19.5 Å². The van der Waals surface area contributed by atoms with Crippen molar-refractivity contribution >= 4 is 12.0 Å². The molecule has 172 valence electrons. The number of hydrogen-bond acceptors (Lipinski definition) is 9. The van der Waals surface area contributed by atoms with Gasteiger partial charge in [0.2, 0.25) is 11.8 Å². The number of rotatable bonds is 9. The zero-order valence-corrected chi connectivity index (χ0v) is 18.2. The van der Waals surface area contributed by atoms with Crippen LogP contribution in [0.2, 0.25) is 0 Å². The van der Waals surface area contributed by atoms with E-state index in [0.29, 0.717) is 24.1 Å². The maximum absolute atomic E-state index is 12.3. The Morgan fingerprint density at radius 2 is 2.03 bits per heavy atom. The molecule has 4 N–H and O–H groups in total. The lowest BCUT2D eigenvalue weighted by Crippen LogP contribution is -2.45. The standard InChI is InChI=1S/C20H32N6O5/c1-12(11-29-2)23-20(28)31-15-5-4-13(6-15)16-8-17(26-25-16)24-18(27)7-14-9-22-19(30-3)10-21-14/h9-10,12-13,15-17,25-26H,4-8,11H2,1-3H3,(H,23,28)(H,24,27)/t12-,13-,15+,16?,17?/m0/s1. The molecule has 0 radical (unpaired) electrons. The van der Waals surface area contributed by atoms with Crippen molar-refractivity contribution in [2.24, 2.45) is 5.92 Å². The molecule has 5 atom stereocenters. The van der Waals surface area contributed by atoms with Crippen LogP contribution in [0.3, 0.4) is 0 Å². The second-order valence-corrected chi connectivity index (χ2v) is 8.08. The van der Waals surface area contributed by atoms with Crippen LogP contribution in [0.5, 0.6) is 5.88 Å². The maximum atomic E-state index is 12.3. The summed E-state index contributed by atoms with van der Waals surface area (Å²) in [6.45, 7) is 2.31. The number of hydrazine groups is 1. The van der Waals surface area contributed by atoms with E-state index in [1.807, 2.05) is 6.92 Å². The Kier molecular flexibility index (Phi) is 8.38. The average Bonchev–Trinajstić information content (AvgIpc) is 3.38. The summed E-state index contributed by atoms with van der Waals surface area (Å²) in [5, 5.41) is 5.74. The van der Waals surface area contributed by atoms with Crippen LogP contribution in [0.15, 0.2) is 12.4 Å². The summed E-state index contributed by atoms with van der Waals surface area (Å²) in [6.07, 6.45) is 5.87. The summed E-state index contributed by atoms with van der Waals surface area (Å²) >= 11 is 0. The highest BCUT2D eigenvalue weighted by Gasteiger charge is 2.37. The molecule has 1 saturated heterocycles. The minimum Gasteiger partial charge on any atom is -0.480 e. The fourth-order valence-electron chi connectivity index (χ4n) is 4.06. The van der Waals surface area contributed by atoms with Gasteiger partial charge in [0.1, 0.15) is 6.10 Å². The number of amides is 2. The van der Waals surface area contributed by atoms with Crippen LogP contribution < -0.4 is 26.2 Å². The van der Waals surface area contributed by atoms with E-state index < -0.39 is 6.09 Å². The minimum atomic E-state index is -0.403. The molecule has 1 aliphatic heterocycles. The fourth-order valence-corrected chi connectivity index (χ4v) is 4.06. The maximum Gasteiger partial charge on any atom is 0.407 e. The molecule has 0 spiro atoms. The molecule has 2 aliphatic rings. The molecule has 11 nitrogen and oxygen atoms in total. The van der Waals surface area contributed by atoms with E-state index in [1.54, 1.807) is 7.11 Å². The van der Waals surface area contributed by atoms with Gasteiger partial charge >= 0.3 is 6.09 Å². The zero-order chi connectivity index (χ0) is 22.2. The lowest BCUT2D eigenvalue weighted by molar-refractivity contribution is -0.121. The van der Waals surface area contributed by atoms with Crippen molar-refractivity contribution in [3.8, 4) is 5.88 Å². The van der Waals surface area contributed by atoms with E-state index in [2.05, 4.69) is 31.5 Å². The molecule has 2 fully saturated rings. The normalized spacial score (nSPS) is 26.3. The highest BCUT2D eigenvalue weighted by atomic mass is 16.6. The summed E-state index contributed by atoms with van der Waals surface area (Å²) in [5.74, 6) is 0.652. The quantitative estimate of drug-likeness (QED) is 0.430. The third-order valence-corrected chi connectivity index (χ3v) is 5.55. The van der Waals surface area contributed by atoms with Gasteiger partial charge in [-0.15, -0.1) is 0 Å². The van der Waals surface area contributed by atoms with E-state index in [9.17, 15) is 9.59 Å². The predicted octanol–water partition coefficient (Wildman–Crippen LogP) is 0.266. The Balaban J connectivity index is 1.37. The highest BCUT2D eigenvalue weighted by molar-refractivity contribution is 5.78. The van der Waals surface area contributed by atoms with Gasteiger partial charge < -0.3 is 24.8 Å². The second kappa shape index (κ2) is 11.2. The number of aromatic nitrogens is 2. The smallest absolute Gasteiger partial charge is 0.407 e. The van der Waals surface area contributed by atoms with E-state index in [-0.39, 0.29) is 36.7 Å². The van der Waals surface area contributed by atoms with Gasteiger partial charge in [0, 0.05) is 13.2 Å². The number of methoxy groups -OCH3 is 2. The van der Waals surface area contributed by atoms with E-state index in [4.69, 9.17) is 14.2 Å². The number of carbonyl (C=O) groups excluding carboxylic acids is 2. The molecule has 2 heterocycles. The number of hydrogen-bond donors (Lipinski definition) is 4. The molecule has 1 aromatic heterocycles. The largest absolute Gasteiger partial charge is 0.480 e. The SMILES string of the molecule is COC[C@H](C)NC(=O)O[C@@H]1CC[C@H](C2CC(NC(=O)Cc3cnc(OC)cn3)NN2)C1. The first kappa shape index (κ1) is 23.2. The summed E-state index contributed by atoms with van der Waals surface area (Å²) in [5.41, 5.74) is 6.99. The van der Waals surface area contributed by atoms with E-state index >= 15 is 0 Å². The van der Waals surface area contributed by atoms with Crippen LogP contribution in [-0.2, 0) is 20.7 Å². The lowest BCUT2D eigenvalue weighted by atomic mass is 9.96. The predicted molar refractivity (Wildman–Crippen MR) is 111 cm³/mol. The summed E-state index contributed by atoms with van der Waals surface area (Å²) in [6, 6.07) is 0.110. The molecule has 1 saturated carbocycles. The lowest BCUT2D eigenvalue weighted by Gasteiger charge is -2.19. The average molecular weight is 437 g/mol. The molecular weight excluding hydrogens is 404 g/mol. The molecule has 0 bridgehead atoms. The Morgan fingerprint density at radius 1 is 1.19 bits per heavy atom. The zero-order valence-electron chi connectivity index (χ0n) is 18.2. The van der Waals surface area contributed by atoms with Crippen LogP contribution >= 0.6 is 0 Å². The minimum absolute atomic E-state index is 0.0937. The van der Waals surface area contributed by atoms with Crippen LogP contribution in [-0.4, -0.2) is 67.1 Å². The third-order valence-electron chi connectivity index (χ3n) is 5.55. The Morgan fingerprint density at radius 3 is 2.74 bits per heavy atom. The van der Waals surface area contributed by atoms with Crippen molar-refractivity contribution in [2.45, 2.75) is 63.4 Å². The first-order valence-corrected chi connectivity index (χ1v) is 10.6. The van der Waals surface area contributed by atoms with Gasteiger partial charge in [0.15, 0.2) is 0 Å². The van der Waals surface area contributed by atoms with Gasteiger partial charge in [0.05, 0.1) is 50.4 Å². The molecule has 2 unspecified atom stereocenters. The number of nitrogens with zero attached hydrogens (tertiary/aromatic N) is 2. The van der Waals surface area contributed by atoms with Gasteiger partial charge in [-0.25, -0.2) is 15.2 Å². The van der Waals surface area contributed by atoms with Crippen LogP contribution in [0.25, 0.3) is 0 Å². The van der Waals surface area contributed by atoms with Crippen LogP contribution in [0, 0.1) is 5.92 Å². The molecular formula is C20H32N6O5. The number of carbonyl (C=O) groups is 2. The molecule has 0 aromatic carbocycles. The van der Waals surface area contributed by atoms with Crippen LogP contribution in [0.1, 0.15) is 38.3 Å². The Hall–Kier alpha value is -2.50. The first-order valence-electron chi connectivity index (χ1n) is 10.6. The highest BCUT2D eigenvalue weighted by Crippen LogP contribution is 2.32. The topological polar surface area (TPSA) is 136 Å². The molecule has 3 rings (SSSR count). The number of ether oxygens (including phenoxy) is 3. The van der Waals surface area contributed by atoms with Crippen molar-refractivity contribution in [3.05, 3.63) is 18.1 Å². The number of alkyl carbamates (subject to hydrolysis) is 1. The molecule has 11 heteroatoms. The molecule has 2 amide bonds. The van der Waals surface area contributed by atoms with Crippen LogP contribution in [0.4, 0.5) is 4.79 Å². The number of nitrogens with one attached hydrogen (secondary N) is 4. The summed E-state index contributed by atoms with van der Waals surface area (Å²) in [7, 11) is 3.11. The second-order valence-electron chi connectivity index (χ2n) is 8.08. The van der Waals surface area contributed by atoms with Gasteiger partial charge in [0.25, 0.3) is 0 Å². The molecule has 31 heavy (non-hydrogen) atoms. The Bertz CT molecular complexity index is 733. The molecule has 1 aliphatic carbocycles. The molecule has 1 aromatic rings. The van der Waals surface area contributed by atoms with Crippen molar-refractivity contribution in [2.75, 3.05) is 20.8 Å². The van der Waals surface area contributed by atoms with Gasteiger partial charge in [-0.2, -0.15) is 0 Å². The van der Waals surface area contributed by atoms with Crippen molar-refractivity contribution in [1.29, 1.82) is 0 Å². The first-order chi connectivity index (χ1) is 15.0. The summed E-state index contributed by atoms with van der Waals surface area (Å²) < 4.78 is 15.5. The monoisotopic (exact) mass is 436 g/mol.